The summed E-state index contributed by atoms with van der Waals surface area (Å²) < 4.78 is 0. The van der Waals surface area contributed by atoms with Gasteiger partial charge in [-0.3, -0.25) is 0 Å². The predicted octanol–water partition coefficient (Wildman–Crippen LogP) is 6.53. The molecule has 0 saturated carbocycles. The number of hydrogen-bond donors (Lipinski definition) is 0. The third-order valence-electron chi connectivity index (χ3n) is 4.29. The van der Waals surface area contributed by atoms with Crippen LogP contribution in [-0.4, -0.2) is 4.98 Å². The van der Waals surface area contributed by atoms with E-state index in [1.807, 2.05) is 79.0 Å². The first kappa shape index (κ1) is 26.4. The summed E-state index contributed by atoms with van der Waals surface area (Å²) in [4.78, 5) is 6.76. The van der Waals surface area contributed by atoms with E-state index in [-0.39, 0.29) is 34.1 Å². The van der Waals surface area contributed by atoms with Gasteiger partial charge in [0.15, 0.2) is 0 Å². The van der Waals surface area contributed by atoms with E-state index < -0.39 is 0 Å². The van der Waals surface area contributed by atoms with E-state index in [2.05, 4.69) is 64.5 Å². The van der Waals surface area contributed by atoms with Gasteiger partial charge in [0.05, 0.1) is 0 Å². The first-order valence-corrected chi connectivity index (χ1v) is 9.82. The maximum absolute atomic E-state index is 4.47. The maximum atomic E-state index is 4.47. The Kier molecular flexibility index (Phi) is 13.7. The van der Waals surface area contributed by atoms with Crippen molar-refractivity contribution < 1.29 is 34.1 Å². The molecule has 0 aliphatic carbocycles. The van der Waals surface area contributed by atoms with Crippen LogP contribution in [0.4, 0.5) is 5.82 Å². The summed E-state index contributed by atoms with van der Waals surface area (Å²) in [6.45, 7) is 1.77. The van der Waals surface area contributed by atoms with Crippen LogP contribution in [-0.2, 0) is 47.2 Å². The summed E-state index contributed by atoms with van der Waals surface area (Å²) in [6.07, 6.45) is 1.85. The third kappa shape index (κ3) is 10.3. The van der Waals surface area contributed by atoms with Crippen LogP contribution in [0.15, 0.2) is 134 Å². The van der Waals surface area contributed by atoms with Gasteiger partial charge >= 0.3 is 34.1 Å². The minimum absolute atomic E-state index is 0. The topological polar surface area (TPSA) is 16.1 Å². The molecule has 5 aromatic rings. The first-order chi connectivity index (χ1) is 14.4. The van der Waals surface area contributed by atoms with Crippen LogP contribution in [0.1, 0.15) is 11.1 Å². The van der Waals surface area contributed by atoms with Crippen molar-refractivity contribution in [3.8, 4) is 0 Å². The quantitative estimate of drug-likeness (QED) is 0.206. The van der Waals surface area contributed by atoms with E-state index in [1.54, 1.807) is 0 Å². The molecule has 0 atom stereocenters. The molecule has 1 aromatic heterocycles. The molecule has 0 fully saturated rings. The van der Waals surface area contributed by atoms with E-state index >= 15 is 0 Å². The number of pyridine rings is 1. The zero-order valence-corrected chi connectivity index (χ0v) is 19.4. The summed E-state index contributed by atoms with van der Waals surface area (Å²) in [5.41, 5.74) is 2.63. The number of nitrogens with zero attached hydrogens (tertiary/aromatic N) is 2. The average Bonchev–Trinajstić information content (AvgIpc) is 3.58. The Bertz CT molecular complexity index is 843. The molecule has 160 valence electrons. The normalized spacial score (nSPS) is 9.03. The maximum Gasteiger partial charge on any atom is 2.00 e. The molecule has 0 aliphatic rings. The molecule has 0 radical (unpaired) electrons. The average molecular weight is 490 g/mol. The fourth-order valence-electron chi connectivity index (χ4n) is 2.88. The van der Waals surface area contributed by atoms with E-state index in [9.17, 15) is 0 Å². The largest absolute Gasteiger partial charge is 2.00 e. The van der Waals surface area contributed by atoms with Crippen LogP contribution in [0.3, 0.4) is 0 Å². The molecular weight excluding hydrogens is 464 g/mol. The van der Waals surface area contributed by atoms with Gasteiger partial charge in [0.2, 0.25) is 0 Å². The molecular formula is C27H26Fe2N2. The summed E-state index contributed by atoms with van der Waals surface area (Å²) in [7, 11) is 0. The smallest absolute Gasteiger partial charge is 0.371 e. The number of anilines is 1. The van der Waals surface area contributed by atoms with E-state index in [4.69, 9.17) is 0 Å². The fourth-order valence-corrected chi connectivity index (χ4v) is 2.88. The molecule has 4 heteroatoms. The fraction of sp³-hybridized carbons (Fsp3) is 0.0741. The minimum atomic E-state index is 0. The van der Waals surface area contributed by atoms with Crippen LogP contribution < -0.4 is 4.90 Å². The second kappa shape index (κ2) is 16.1. The molecule has 0 spiro atoms. The van der Waals surface area contributed by atoms with E-state index in [0.29, 0.717) is 0 Å². The van der Waals surface area contributed by atoms with E-state index in [1.165, 1.54) is 11.1 Å². The van der Waals surface area contributed by atoms with Gasteiger partial charge in [-0.1, -0.05) is 6.07 Å². The predicted molar refractivity (Wildman–Crippen MR) is 122 cm³/mol. The van der Waals surface area contributed by atoms with Crippen LogP contribution in [0.5, 0.6) is 0 Å². The molecule has 0 aliphatic heterocycles. The summed E-state index contributed by atoms with van der Waals surface area (Å²) in [5.74, 6) is 1.02. The van der Waals surface area contributed by atoms with Gasteiger partial charge in [-0.15, -0.1) is 11.1 Å². The second-order valence-corrected chi connectivity index (χ2v) is 6.55. The molecule has 0 saturated heterocycles. The van der Waals surface area contributed by atoms with E-state index in [0.717, 1.165) is 18.9 Å². The molecule has 5 rings (SSSR count). The number of rotatable bonds is 5. The van der Waals surface area contributed by atoms with Gasteiger partial charge < -0.3 is 4.90 Å². The van der Waals surface area contributed by atoms with Gasteiger partial charge in [0, 0.05) is 6.20 Å². The summed E-state index contributed by atoms with van der Waals surface area (Å²) in [6, 6.07) is 43.0. The minimum Gasteiger partial charge on any atom is -0.371 e. The Hall–Kier alpha value is -2.61. The molecule has 2 nitrogen and oxygen atoms in total. The Morgan fingerprint density at radius 1 is 0.613 bits per heavy atom. The van der Waals surface area contributed by atoms with Crippen LogP contribution in [0.2, 0.25) is 0 Å². The Morgan fingerprint density at radius 3 is 1.39 bits per heavy atom. The van der Waals surface area contributed by atoms with Crippen molar-refractivity contribution in [2.75, 3.05) is 4.90 Å². The zero-order chi connectivity index (χ0) is 20.0. The summed E-state index contributed by atoms with van der Waals surface area (Å²) in [5, 5.41) is 0. The molecule has 0 N–H and O–H groups in total. The first-order valence-electron chi connectivity index (χ1n) is 9.82. The molecule has 0 bridgehead atoms. The SMILES string of the molecule is [Fe+2].[Fe+2].c1cc[cH-]c1.c1cc[cH-]c1.c1ccc(N(C[c-]2cccc2)C[c-]2cccc2)nc1. The summed E-state index contributed by atoms with van der Waals surface area (Å²) >= 11 is 0. The van der Waals surface area contributed by atoms with Crippen molar-refractivity contribution in [1.82, 2.24) is 4.98 Å². The Morgan fingerprint density at radius 2 is 1.06 bits per heavy atom. The van der Waals surface area contributed by atoms with Gasteiger partial charge in [-0.25, -0.2) is 53.5 Å². The van der Waals surface area contributed by atoms with Crippen molar-refractivity contribution in [1.29, 1.82) is 0 Å². The molecule has 0 unspecified atom stereocenters. The van der Waals surface area contributed by atoms with Gasteiger partial charge in [-0.05, 0) is 25.2 Å². The zero-order valence-electron chi connectivity index (χ0n) is 17.2. The molecule has 1 heterocycles. The molecule has 31 heavy (non-hydrogen) atoms. The Balaban J connectivity index is 0.000000331. The Labute approximate surface area is 207 Å². The second-order valence-electron chi connectivity index (χ2n) is 6.55. The van der Waals surface area contributed by atoms with Crippen molar-refractivity contribution in [3.05, 3.63) is 145 Å². The van der Waals surface area contributed by atoms with Gasteiger partial charge in [0.1, 0.15) is 5.82 Å². The van der Waals surface area contributed by atoms with Crippen molar-refractivity contribution >= 4 is 5.82 Å². The number of aromatic nitrogens is 1. The monoisotopic (exact) mass is 490 g/mol. The third-order valence-corrected chi connectivity index (χ3v) is 4.29. The van der Waals surface area contributed by atoms with Gasteiger partial charge in [-0.2, -0.15) is 60.7 Å². The molecule has 0 amide bonds. The number of hydrogen-bond acceptors (Lipinski definition) is 2. The van der Waals surface area contributed by atoms with Crippen molar-refractivity contribution in [2.24, 2.45) is 0 Å². The van der Waals surface area contributed by atoms with Crippen LogP contribution in [0, 0.1) is 0 Å². The van der Waals surface area contributed by atoms with Crippen LogP contribution in [0.25, 0.3) is 0 Å². The van der Waals surface area contributed by atoms with Crippen LogP contribution >= 0.6 is 0 Å². The van der Waals surface area contributed by atoms with Gasteiger partial charge in [0.25, 0.3) is 0 Å². The van der Waals surface area contributed by atoms with Crippen molar-refractivity contribution in [3.63, 3.8) is 0 Å². The van der Waals surface area contributed by atoms with Crippen molar-refractivity contribution in [2.45, 2.75) is 13.1 Å². The molecule has 4 aromatic carbocycles. The standard InChI is InChI=1S/C17H16N2.2C5H5.2Fe/c1-2-8-15(7-1)13-19(14-16-9-3-4-10-16)17-11-5-6-12-18-17;2*1-2-4-5-3-1;;/h1-12H,13-14H2;2*1-5H;;/q-2;2*-1;2*+2.